The van der Waals surface area contributed by atoms with Crippen LogP contribution in [0.4, 0.5) is 0 Å². The lowest BCUT2D eigenvalue weighted by molar-refractivity contribution is -0.154. The van der Waals surface area contributed by atoms with Crippen LogP contribution in [0.2, 0.25) is 0 Å². The van der Waals surface area contributed by atoms with Crippen molar-refractivity contribution in [2.75, 3.05) is 7.11 Å². The normalized spacial score (nSPS) is 27.7. The number of carbonyl (C=O) groups is 2. The molecule has 1 aromatic carbocycles. The number of carbonyl (C=O) groups excluding carboxylic acids is 2. The molecular formula is C15H16O6. The van der Waals surface area contributed by atoms with Gasteiger partial charge in [-0.1, -0.05) is 0 Å². The zero-order valence-corrected chi connectivity index (χ0v) is 11.8. The van der Waals surface area contributed by atoms with Crippen molar-refractivity contribution < 1.29 is 29.3 Å². The molecular weight excluding hydrogens is 276 g/mol. The lowest BCUT2D eigenvalue weighted by atomic mass is 9.75. The van der Waals surface area contributed by atoms with Crippen LogP contribution < -0.4 is 4.74 Å². The van der Waals surface area contributed by atoms with Crippen LogP contribution in [0.1, 0.15) is 40.7 Å². The zero-order chi connectivity index (χ0) is 15.4. The third kappa shape index (κ3) is 1.82. The van der Waals surface area contributed by atoms with Gasteiger partial charge in [0.05, 0.1) is 12.7 Å². The van der Waals surface area contributed by atoms with E-state index in [0.29, 0.717) is 23.3 Å². The number of Topliss-reactive ketones (excluding diaryl/α,β-unsaturated/α-hetero) is 1. The summed E-state index contributed by atoms with van der Waals surface area (Å²) in [6.45, 7) is 1.65. The number of hydrogen-bond acceptors (Lipinski definition) is 6. The van der Waals surface area contributed by atoms with Gasteiger partial charge in [-0.3, -0.25) is 4.79 Å². The molecule has 2 N–H and O–H groups in total. The first-order chi connectivity index (χ1) is 9.89. The number of ether oxygens (including phenoxy) is 2. The van der Waals surface area contributed by atoms with Crippen LogP contribution in [-0.2, 0) is 15.1 Å². The minimum atomic E-state index is -1.21. The number of hydrogen-bond donors (Lipinski definition) is 2. The second-order valence-electron chi connectivity index (χ2n) is 5.53. The average molecular weight is 292 g/mol. The number of rotatable bonds is 1. The summed E-state index contributed by atoms with van der Waals surface area (Å²) in [6.07, 6.45) is -0.669. The Morgan fingerprint density at radius 2 is 2.14 bits per heavy atom. The van der Waals surface area contributed by atoms with Gasteiger partial charge < -0.3 is 19.7 Å². The number of esters is 1. The van der Waals surface area contributed by atoms with Gasteiger partial charge in [-0.25, -0.2) is 4.79 Å². The van der Waals surface area contributed by atoms with E-state index in [2.05, 4.69) is 0 Å². The van der Waals surface area contributed by atoms with E-state index in [1.165, 1.54) is 7.11 Å². The summed E-state index contributed by atoms with van der Waals surface area (Å²) in [5.41, 5.74) is -0.00496. The maximum Gasteiger partial charge on any atom is 0.336 e. The van der Waals surface area contributed by atoms with Gasteiger partial charge in [0, 0.05) is 24.0 Å². The van der Waals surface area contributed by atoms with E-state index in [0.717, 1.165) is 0 Å². The lowest BCUT2D eigenvalue weighted by Crippen LogP contribution is -2.33. The molecule has 2 atom stereocenters. The predicted molar refractivity (Wildman–Crippen MR) is 71.4 cm³/mol. The third-order valence-corrected chi connectivity index (χ3v) is 4.34. The molecule has 0 saturated carbocycles. The van der Waals surface area contributed by atoms with Gasteiger partial charge in [0.2, 0.25) is 0 Å². The maximum atomic E-state index is 12.2. The Bertz CT molecular complexity index is 650. The summed E-state index contributed by atoms with van der Waals surface area (Å²) in [5.74, 6) is -0.630. The van der Waals surface area contributed by atoms with Crippen LogP contribution in [0.5, 0.6) is 11.5 Å². The Kier molecular flexibility index (Phi) is 2.95. The Balaban J connectivity index is 2.25. The average Bonchev–Trinajstić information content (AvgIpc) is 2.74. The number of fused-ring (bicyclic) bond motifs is 2. The molecule has 112 valence electrons. The first-order valence-electron chi connectivity index (χ1n) is 6.75. The van der Waals surface area contributed by atoms with Gasteiger partial charge >= 0.3 is 5.97 Å². The smallest absolute Gasteiger partial charge is 0.336 e. The summed E-state index contributed by atoms with van der Waals surface area (Å²) in [7, 11) is 1.46. The number of benzene rings is 1. The fourth-order valence-corrected chi connectivity index (χ4v) is 3.19. The highest BCUT2D eigenvalue weighted by Crippen LogP contribution is 2.50. The number of methoxy groups -OCH3 is 1. The highest BCUT2D eigenvalue weighted by atomic mass is 16.6. The summed E-state index contributed by atoms with van der Waals surface area (Å²) < 4.78 is 10.6. The third-order valence-electron chi connectivity index (χ3n) is 4.34. The number of aliphatic hydroxyl groups excluding tert-OH is 1. The van der Waals surface area contributed by atoms with Gasteiger partial charge in [-0.2, -0.15) is 0 Å². The molecule has 1 fully saturated rings. The van der Waals surface area contributed by atoms with Gasteiger partial charge in [-0.05, 0) is 19.4 Å². The molecule has 3 rings (SSSR count). The van der Waals surface area contributed by atoms with Crippen molar-refractivity contribution in [2.24, 2.45) is 0 Å². The summed E-state index contributed by atoms with van der Waals surface area (Å²) in [4.78, 5) is 23.8. The van der Waals surface area contributed by atoms with Crippen LogP contribution in [0, 0.1) is 6.92 Å². The number of ketones is 1. The van der Waals surface area contributed by atoms with E-state index < -0.39 is 17.7 Å². The van der Waals surface area contributed by atoms with Crippen molar-refractivity contribution in [1.82, 2.24) is 0 Å². The van der Waals surface area contributed by atoms with E-state index in [-0.39, 0.29) is 29.9 Å². The zero-order valence-electron chi connectivity index (χ0n) is 11.8. The van der Waals surface area contributed by atoms with Crippen molar-refractivity contribution in [3.63, 3.8) is 0 Å². The fraction of sp³-hybridized carbons (Fsp3) is 0.467. The first kappa shape index (κ1) is 13.9. The molecule has 6 nitrogen and oxygen atoms in total. The van der Waals surface area contributed by atoms with E-state index in [1.54, 1.807) is 13.0 Å². The van der Waals surface area contributed by atoms with Crippen LogP contribution in [0.3, 0.4) is 0 Å². The topological polar surface area (TPSA) is 93.1 Å². The van der Waals surface area contributed by atoms with Crippen molar-refractivity contribution in [3.8, 4) is 11.5 Å². The van der Waals surface area contributed by atoms with E-state index in [4.69, 9.17) is 9.47 Å². The Morgan fingerprint density at radius 3 is 2.71 bits per heavy atom. The monoisotopic (exact) mass is 292 g/mol. The fourth-order valence-electron chi connectivity index (χ4n) is 3.19. The second-order valence-corrected chi connectivity index (χ2v) is 5.53. The number of aliphatic hydroxyl groups is 1. The van der Waals surface area contributed by atoms with E-state index >= 15 is 0 Å². The Labute approximate surface area is 121 Å². The number of phenols is 1. The van der Waals surface area contributed by atoms with Crippen LogP contribution in [0.15, 0.2) is 6.07 Å². The summed E-state index contributed by atoms with van der Waals surface area (Å²) in [6, 6.07) is 1.62. The van der Waals surface area contributed by atoms with Crippen molar-refractivity contribution >= 4 is 11.8 Å². The molecule has 0 unspecified atom stereocenters. The standard InChI is InChI=1S/C15H16O6/c1-7-11(20-2)5-8-12(13(7)18)9(16)3-4-15(8)6-10(17)14(19)21-15/h5,10,17-18H,3-4,6H2,1-2H3/t10-,15+/m1/s1. The summed E-state index contributed by atoms with van der Waals surface area (Å²) >= 11 is 0. The van der Waals surface area contributed by atoms with Crippen LogP contribution >= 0.6 is 0 Å². The molecule has 1 spiro atoms. The molecule has 1 aliphatic heterocycles. The van der Waals surface area contributed by atoms with E-state index in [9.17, 15) is 19.8 Å². The molecule has 6 heteroatoms. The SMILES string of the molecule is COc1cc2c(c(O)c1C)C(=O)CC[C@]21C[C@@H](O)C(=O)O1. The predicted octanol–water partition coefficient (Wildman–Crippen LogP) is 1.19. The van der Waals surface area contributed by atoms with E-state index in [1.807, 2.05) is 0 Å². The molecule has 1 heterocycles. The van der Waals surface area contributed by atoms with Gasteiger partial charge in [0.1, 0.15) is 17.1 Å². The first-order valence-corrected chi connectivity index (χ1v) is 6.75. The number of phenolic OH excluding ortho intramolecular Hbond substituents is 1. The Morgan fingerprint density at radius 1 is 1.43 bits per heavy atom. The minimum absolute atomic E-state index is 0.0811. The molecule has 1 aliphatic carbocycles. The van der Waals surface area contributed by atoms with Gasteiger partial charge in [-0.15, -0.1) is 0 Å². The molecule has 21 heavy (non-hydrogen) atoms. The Hall–Kier alpha value is -2.08. The molecule has 0 amide bonds. The minimum Gasteiger partial charge on any atom is -0.507 e. The molecule has 0 aromatic heterocycles. The van der Waals surface area contributed by atoms with Gasteiger partial charge in [0.15, 0.2) is 11.9 Å². The van der Waals surface area contributed by atoms with Crippen LogP contribution in [0.25, 0.3) is 0 Å². The molecule has 0 bridgehead atoms. The van der Waals surface area contributed by atoms with Crippen molar-refractivity contribution in [3.05, 3.63) is 22.8 Å². The number of aromatic hydroxyl groups is 1. The maximum absolute atomic E-state index is 12.2. The largest absolute Gasteiger partial charge is 0.507 e. The van der Waals surface area contributed by atoms with Crippen molar-refractivity contribution in [1.29, 1.82) is 0 Å². The molecule has 2 aliphatic rings. The molecule has 1 aromatic rings. The molecule has 0 radical (unpaired) electrons. The second kappa shape index (κ2) is 4.46. The summed E-state index contributed by atoms with van der Waals surface area (Å²) in [5, 5.41) is 20.0. The van der Waals surface area contributed by atoms with Crippen molar-refractivity contribution in [2.45, 2.75) is 37.9 Å². The molecule has 1 saturated heterocycles. The van der Waals surface area contributed by atoms with Gasteiger partial charge in [0.25, 0.3) is 0 Å². The quantitative estimate of drug-likeness (QED) is 0.755. The van der Waals surface area contributed by atoms with Crippen LogP contribution in [-0.4, -0.2) is 35.2 Å². The highest BCUT2D eigenvalue weighted by Gasteiger charge is 2.52. The lowest BCUT2D eigenvalue weighted by Gasteiger charge is -2.34. The highest BCUT2D eigenvalue weighted by molar-refractivity contribution is 6.02.